The Morgan fingerprint density at radius 3 is 2.37 bits per heavy atom. The van der Waals surface area contributed by atoms with Gasteiger partial charge in [0.1, 0.15) is 4.32 Å². The Bertz CT molecular complexity index is 1240. The number of hydrogen-bond donors (Lipinski definition) is 0. The zero-order chi connectivity index (χ0) is 26.7. The summed E-state index contributed by atoms with van der Waals surface area (Å²) in [5.41, 5.74) is 3.80. The highest BCUT2D eigenvalue weighted by Crippen LogP contribution is 2.35. The second-order valence-corrected chi connectivity index (χ2v) is 12.4. The third kappa shape index (κ3) is 7.61. The van der Waals surface area contributed by atoms with Gasteiger partial charge in [0.15, 0.2) is 0 Å². The number of rotatable bonds is 14. The van der Waals surface area contributed by atoms with Crippen LogP contribution in [0.25, 0.3) is 23.0 Å². The monoisotopic (exact) mass is 563 g/mol. The first-order chi connectivity index (χ1) is 18.6. The number of unbranched alkanes of at least 4 members (excludes halogenated alkanes) is 6. The molecule has 1 saturated heterocycles. The van der Waals surface area contributed by atoms with E-state index in [4.69, 9.17) is 17.3 Å². The zero-order valence-electron chi connectivity index (χ0n) is 22.4. The molecule has 2 heterocycles. The molecule has 1 aliphatic rings. The highest BCUT2D eigenvalue weighted by molar-refractivity contribution is 8.26. The minimum absolute atomic E-state index is 0.00893. The van der Waals surface area contributed by atoms with Crippen molar-refractivity contribution in [3.8, 4) is 16.9 Å². The molecule has 4 rings (SSSR count). The molecule has 0 bridgehead atoms. The summed E-state index contributed by atoms with van der Waals surface area (Å²) in [6.07, 6.45) is 13.5. The first-order valence-electron chi connectivity index (χ1n) is 13.7. The van der Waals surface area contributed by atoms with Crippen molar-refractivity contribution in [2.24, 2.45) is 0 Å². The van der Waals surface area contributed by atoms with Crippen LogP contribution in [-0.4, -0.2) is 37.2 Å². The molecule has 200 valence electrons. The first kappa shape index (κ1) is 28.7. The van der Waals surface area contributed by atoms with Gasteiger partial charge in [-0.25, -0.2) is 4.68 Å². The number of thioether (sulfide) groups is 2. The number of thiocarbonyl (C=S) groups is 1. The molecule has 0 radical (unpaired) electrons. The van der Waals surface area contributed by atoms with Crippen LogP contribution in [-0.2, 0) is 4.79 Å². The SMILES string of the molecule is CCCCCCCCN1C(=O)/C(=C/c2cn(-c3ccccc3)nc2-c2ccc(SCCCC)cc2)SC1=S. The molecule has 0 saturated carbocycles. The third-order valence-corrected chi connectivity index (χ3v) is 9.03. The van der Waals surface area contributed by atoms with Gasteiger partial charge in [0.2, 0.25) is 0 Å². The molecule has 2 aromatic carbocycles. The Morgan fingerprint density at radius 2 is 1.63 bits per heavy atom. The predicted molar refractivity (Wildman–Crippen MR) is 168 cm³/mol. The summed E-state index contributed by atoms with van der Waals surface area (Å²) < 4.78 is 2.54. The van der Waals surface area contributed by atoms with Crippen LogP contribution in [0.5, 0.6) is 0 Å². The number of carbonyl (C=O) groups is 1. The molecule has 0 atom stereocenters. The Hall–Kier alpha value is -2.35. The van der Waals surface area contributed by atoms with Gasteiger partial charge < -0.3 is 0 Å². The van der Waals surface area contributed by atoms with Gasteiger partial charge in [-0.3, -0.25) is 9.69 Å². The minimum Gasteiger partial charge on any atom is -0.293 e. The third-order valence-electron chi connectivity index (χ3n) is 6.55. The van der Waals surface area contributed by atoms with Crippen molar-refractivity contribution in [1.29, 1.82) is 0 Å². The van der Waals surface area contributed by atoms with E-state index in [9.17, 15) is 4.79 Å². The summed E-state index contributed by atoms with van der Waals surface area (Å²) in [5, 5.41) is 4.94. The topological polar surface area (TPSA) is 38.1 Å². The molecule has 0 N–H and O–H groups in total. The molecular weight excluding hydrogens is 527 g/mol. The van der Waals surface area contributed by atoms with Crippen LogP contribution >= 0.6 is 35.7 Å². The summed E-state index contributed by atoms with van der Waals surface area (Å²) in [4.78, 5) is 17.0. The quantitative estimate of drug-likeness (QED) is 0.0847. The second-order valence-electron chi connectivity index (χ2n) is 9.54. The van der Waals surface area contributed by atoms with Gasteiger partial charge in [0.05, 0.1) is 16.3 Å². The number of amides is 1. The maximum Gasteiger partial charge on any atom is 0.266 e. The molecule has 1 aromatic heterocycles. The summed E-state index contributed by atoms with van der Waals surface area (Å²) in [6, 6.07) is 18.7. The van der Waals surface area contributed by atoms with Crippen molar-refractivity contribution in [1.82, 2.24) is 14.7 Å². The average molecular weight is 564 g/mol. The molecular formula is C31H37N3OS3. The fraction of sp³-hybridized carbons (Fsp3) is 0.387. The fourth-order valence-electron chi connectivity index (χ4n) is 4.36. The van der Waals surface area contributed by atoms with Crippen LogP contribution in [0.3, 0.4) is 0 Å². The van der Waals surface area contributed by atoms with Gasteiger partial charge in [-0.1, -0.05) is 107 Å². The molecule has 1 aliphatic heterocycles. The number of benzene rings is 2. The molecule has 3 aromatic rings. The van der Waals surface area contributed by atoms with E-state index in [0.717, 1.165) is 41.1 Å². The van der Waals surface area contributed by atoms with Crippen LogP contribution in [0, 0.1) is 0 Å². The van der Waals surface area contributed by atoms with Gasteiger partial charge in [0, 0.05) is 28.8 Å². The van der Waals surface area contributed by atoms with E-state index < -0.39 is 0 Å². The van der Waals surface area contributed by atoms with E-state index in [1.807, 2.05) is 59.0 Å². The highest BCUT2D eigenvalue weighted by atomic mass is 32.2. The molecule has 0 spiro atoms. The molecule has 38 heavy (non-hydrogen) atoms. The van der Waals surface area contributed by atoms with E-state index in [2.05, 4.69) is 38.1 Å². The van der Waals surface area contributed by atoms with Crippen LogP contribution in [0.1, 0.15) is 70.8 Å². The van der Waals surface area contributed by atoms with E-state index in [1.165, 1.54) is 55.2 Å². The zero-order valence-corrected chi connectivity index (χ0v) is 24.8. The van der Waals surface area contributed by atoms with Crippen molar-refractivity contribution in [2.45, 2.75) is 70.1 Å². The lowest BCUT2D eigenvalue weighted by molar-refractivity contribution is -0.122. The van der Waals surface area contributed by atoms with Crippen LogP contribution in [0.15, 0.2) is 70.6 Å². The second kappa shape index (κ2) is 14.7. The molecule has 7 heteroatoms. The summed E-state index contributed by atoms with van der Waals surface area (Å²) >= 11 is 8.89. The average Bonchev–Trinajstić information content (AvgIpc) is 3.48. The van der Waals surface area contributed by atoms with Gasteiger partial charge in [-0.05, 0) is 48.9 Å². The Balaban J connectivity index is 1.55. The number of carbonyl (C=O) groups excluding carboxylic acids is 1. The van der Waals surface area contributed by atoms with E-state index in [-0.39, 0.29) is 5.91 Å². The normalized spacial score (nSPS) is 14.7. The maximum absolute atomic E-state index is 13.3. The van der Waals surface area contributed by atoms with Crippen molar-refractivity contribution in [3.63, 3.8) is 0 Å². The van der Waals surface area contributed by atoms with Gasteiger partial charge >= 0.3 is 0 Å². The minimum atomic E-state index is 0.00893. The van der Waals surface area contributed by atoms with E-state index in [0.29, 0.717) is 15.8 Å². The van der Waals surface area contributed by atoms with Crippen LogP contribution in [0.4, 0.5) is 0 Å². The Morgan fingerprint density at radius 1 is 0.921 bits per heavy atom. The molecule has 4 nitrogen and oxygen atoms in total. The van der Waals surface area contributed by atoms with E-state index >= 15 is 0 Å². The fourth-order valence-corrected chi connectivity index (χ4v) is 6.65. The molecule has 1 amide bonds. The Labute approximate surface area is 241 Å². The predicted octanol–water partition coefficient (Wildman–Crippen LogP) is 8.99. The van der Waals surface area contributed by atoms with Crippen molar-refractivity contribution < 1.29 is 4.79 Å². The highest BCUT2D eigenvalue weighted by Gasteiger charge is 2.32. The van der Waals surface area contributed by atoms with Gasteiger partial charge in [-0.15, -0.1) is 11.8 Å². The standard InChI is InChI=1S/C31H37N3OS3/c1-3-5-7-8-9-13-20-33-30(35)28(38-31(33)36)22-25-23-34(26-14-11-10-12-15-26)32-29(25)24-16-18-27(19-17-24)37-21-6-4-2/h10-12,14-19,22-23H,3-9,13,20-21H2,1-2H3/b28-22-. The summed E-state index contributed by atoms with van der Waals surface area (Å²) in [6.45, 7) is 5.14. The molecule has 1 fully saturated rings. The Kier molecular flexibility index (Phi) is 11.1. The van der Waals surface area contributed by atoms with Crippen molar-refractivity contribution in [3.05, 3.63) is 71.3 Å². The van der Waals surface area contributed by atoms with Crippen molar-refractivity contribution in [2.75, 3.05) is 12.3 Å². The number of aromatic nitrogens is 2. The van der Waals surface area contributed by atoms with Gasteiger partial charge in [-0.2, -0.15) is 5.10 Å². The lowest BCUT2D eigenvalue weighted by Crippen LogP contribution is -2.29. The number of nitrogens with zero attached hydrogens (tertiary/aromatic N) is 3. The van der Waals surface area contributed by atoms with Crippen molar-refractivity contribution >= 4 is 52.0 Å². The first-order valence-corrected chi connectivity index (χ1v) is 16.0. The van der Waals surface area contributed by atoms with Crippen LogP contribution in [0.2, 0.25) is 0 Å². The lowest BCUT2D eigenvalue weighted by atomic mass is 10.1. The van der Waals surface area contributed by atoms with Gasteiger partial charge in [0.25, 0.3) is 5.91 Å². The lowest BCUT2D eigenvalue weighted by Gasteiger charge is -2.13. The smallest absolute Gasteiger partial charge is 0.266 e. The number of para-hydroxylation sites is 1. The largest absolute Gasteiger partial charge is 0.293 e. The molecule has 0 unspecified atom stereocenters. The van der Waals surface area contributed by atoms with Crippen LogP contribution < -0.4 is 0 Å². The number of hydrogen-bond acceptors (Lipinski definition) is 5. The summed E-state index contributed by atoms with van der Waals surface area (Å²) in [5.74, 6) is 1.14. The van der Waals surface area contributed by atoms with E-state index in [1.54, 1.807) is 4.90 Å². The maximum atomic E-state index is 13.3. The summed E-state index contributed by atoms with van der Waals surface area (Å²) in [7, 11) is 0. The molecule has 0 aliphatic carbocycles.